The summed E-state index contributed by atoms with van der Waals surface area (Å²) in [6.45, 7) is 5.79. The summed E-state index contributed by atoms with van der Waals surface area (Å²) in [5, 5.41) is 4.03. The van der Waals surface area contributed by atoms with Gasteiger partial charge in [-0.05, 0) is 36.5 Å². The van der Waals surface area contributed by atoms with E-state index in [1.165, 1.54) is 24.7 Å². The summed E-state index contributed by atoms with van der Waals surface area (Å²) in [7, 11) is 0. The molecule has 0 unspecified atom stereocenters. The predicted molar refractivity (Wildman–Crippen MR) is 75.3 cm³/mol. The van der Waals surface area contributed by atoms with Gasteiger partial charge >= 0.3 is 0 Å². The van der Waals surface area contributed by atoms with Gasteiger partial charge in [0.1, 0.15) is 25.0 Å². The Hall–Kier alpha value is -1.84. The fourth-order valence-electron chi connectivity index (χ4n) is 2.20. The molecule has 2 aromatic rings. The third-order valence-electron chi connectivity index (χ3n) is 3.39. The van der Waals surface area contributed by atoms with Crippen LogP contribution < -0.4 is 4.74 Å². The van der Waals surface area contributed by atoms with Crippen LogP contribution in [0.4, 0.5) is 0 Å². The average Bonchev–Trinajstić information content (AvgIpc) is 2.95. The van der Waals surface area contributed by atoms with Gasteiger partial charge in [0.2, 0.25) is 0 Å². The van der Waals surface area contributed by atoms with E-state index in [-0.39, 0.29) is 0 Å². The standard InChI is InChI=1S/C15H21N3O/c1-3-13(4-2)14-5-7-15(8-6-14)19-10-9-18-12-16-11-17-18/h5-8,11-13H,3-4,9-10H2,1-2H3. The Bertz CT molecular complexity index is 461. The molecule has 2 rings (SSSR count). The summed E-state index contributed by atoms with van der Waals surface area (Å²) < 4.78 is 7.46. The zero-order valence-electron chi connectivity index (χ0n) is 11.6. The lowest BCUT2D eigenvalue weighted by Crippen LogP contribution is -2.08. The molecule has 102 valence electrons. The van der Waals surface area contributed by atoms with Gasteiger partial charge in [-0.3, -0.25) is 0 Å². The summed E-state index contributed by atoms with van der Waals surface area (Å²) >= 11 is 0. The molecule has 19 heavy (non-hydrogen) atoms. The molecule has 0 aliphatic rings. The van der Waals surface area contributed by atoms with Crippen LogP contribution in [0.3, 0.4) is 0 Å². The van der Waals surface area contributed by atoms with Crippen LogP contribution in [0, 0.1) is 0 Å². The monoisotopic (exact) mass is 259 g/mol. The molecular formula is C15H21N3O. The minimum absolute atomic E-state index is 0.605. The highest BCUT2D eigenvalue weighted by atomic mass is 16.5. The van der Waals surface area contributed by atoms with Crippen molar-refractivity contribution < 1.29 is 4.74 Å². The van der Waals surface area contributed by atoms with Gasteiger partial charge in [-0.1, -0.05) is 26.0 Å². The van der Waals surface area contributed by atoms with Crippen LogP contribution in [-0.4, -0.2) is 21.4 Å². The zero-order valence-corrected chi connectivity index (χ0v) is 11.6. The van der Waals surface area contributed by atoms with E-state index in [4.69, 9.17) is 4.74 Å². The van der Waals surface area contributed by atoms with Gasteiger partial charge in [-0.2, -0.15) is 5.10 Å². The molecule has 0 spiro atoms. The lowest BCUT2D eigenvalue weighted by Gasteiger charge is -2.13. The molecule has 0 radical (unpaired) electrons. The van der Waals surface area contributed by atoms with E-state index in [9.17, 15) is 0 Å². The maximum atomic E-state index is 5.69. The third kappa shape index (κ3) is 3.81. The molecule has 0 saturated heterocycles. The highest BCUT2D eigenvalue weighted by Gasteiger charge is 2.06. The Labute approximate surface area is 114 Å². The molecule has 1 aromatic carbocycles. The molecule has 0 fully saturated rings. The second-order valence-electron chi connectivity index (χ2n) is 4.59. The number of benzene rings is 1. The SMILES string of the molecule is CCC(CC)c1ccc(OCCn2cncn2)cc1. The minimum atomic E-state index is 0.605. The number of nitrogens with zero attached hydrogens (tertiary/aromatic N) is 3. The Kier molecular flexibility index (Phi) is 4.95. The molecule has 0 atom stereocenters. The molecule has 0 aliphatic carbocycles. The second-order valence-corrected chi connectivity index (χ2v) is 4.59. The summed E-state index contributed by atoms with van der Waals surface area (Å²) in [5.74, 6) is 1.57. The topological polar surface area (TPSA) is 39.9 Å². The Balaban J connectivity index is 1.84. The van der Waals surface area contributed by atoms with Crippen LogP contribution in [0.1, 0.15) is 38.2 Å². The maximum Gasteiger partial charge on any atom is 0.137 e. The van der Waals surface area contributed by atoms with Crippen molar-refractivity contribution in [3.63, 3.8) is 0 Å². The van der Waals surface area contributed by atoms with Crippen LogP contribution >= 0.6 is 0 Å². The van der Waals surface area contributed by atoms with Crippen molar-refractivity contribution in [2.24, 2.45) is 0 Å². The number of rotatable bonds is 7. The Morgan fingerprint density at radius 2 is 1.89 bits per heavy atom. The number of hydrogen-bond donors (Lipinski definition) is 0. The molecule has 4 heteroatoms. The lowest BCUT2D eigenvalue weighted by atomic mass is 9.94. The normalized spacial score (nSPS) is 10.9. The Morgan fingerprint density at radius 3 is 2.47 bits per heavy atom. The average molecular weight is 259 g/mol. The largest absolute Gasteiger partial charge is 0.492 e. The first-order chi connectivity index (χ1) is 9.33. The molecule has 4 nitrogen and oxygen atoms in total. The fraction of sp³-hybridized carbons (Fsp3) is 0.467. The van der Waals surface area contributed by atoms with Gasteiger partial charge in [0.25, 0.3) is 0 Å². The van der Waals surface area contributed by atoms with Crippen LogP contribution in [-0.2, 0) is 6.54 Å². The van der Waals surface area contributed by atoms with Crippen molar-refractivity contribution in [3.8, 4) is 5.75 Å². The summed E-state index contributed by atoms with van der Waals surface area (Å²) in [4.78, 5) is 3.89. The first kappa shape index (κ1) is 13.6. The minimum Gasteiger partial charge on any atom is -0.492 e. The van der Waals surface area contributed by atoms with Crippen molar-refractivity contribution >= 4 is 0 Å². The van der Waals surface area contributed by atoms with Crippen molar-refractivity contribution in [1.82, 2.24) is 14.8 Å². The van der Waals surface area contributed by atoms with E-state index < -0.39 is 0 Å². The third-order valence-corrected chi connectivity index (χ3v) is 3.39. The summed E-state index contributed by atoms with van der Waals surface area (Å²) in [5.41, 5.74) is 1.40. The van der Waals surface area contributed by atoms with Crippen LogP contribution in [0.2, 0.25) is 0 Å². The van der Waals surface area contributed by atoms with Gasteiger partial charge < -0.3 is 4.74 Å². The van der Waals surface area contributed by atoms with Crippen LogP contribution in [0.25, 0.3) is 0 Å². The number of aromatic nitrogens is 3. The van der Waals surface area contributed by atoms with Gasteiger partial charge in [0.05, 0.1) is 6.54 Å². The van der Waals surface area contributed by atoms with Gasteiger partial charge in [0.15, 0.2) is 0 Å². The molecule has 0 amide bonds. The Morgan fingerprint density at radius 1 is 1.16 bits per heavy atom. The molecule has 0 bridgehead atoms. The number of ether oxygens (including phenoxy) is 1. The molecule has 0 saturated carbocycles. The van der Waals surface area contributed by atoms with Gasteiger partial charge in [-0.25, -0.2) is 9.67 Å². The lowest BCUT2D eigenvalue weighted by molar-refractivity contribution is 0.291. The zero-order chi connectivity index (χ0) is 13.5. The molecule has 1 aromatic heterocycles. The van der Waals surface area contributed by atoms with E-state index in [1.54, 1.807) is 11.0 Å². The van der Waals surface area contributed by atoms with Gasteiger partial charge in [-0.15, -0.1) is 0 Å². The molecular weight excluding hydrogens is 238 g/mol. The molecule has 0 aliphatic heterocycles. The van der Waals surface area contributed by atoms with E-state index in [1.807, 2.05) is 0 Å². The smallest absolute Gasteiger partial charge is 0.137 e. The van der Waals surface area contributed by atoms with Crippen molar-refractivity contribution in [2.75, 3.05) is 6.61 Å². The highest BCUT2D eigenvalue weighted by molar-refractivity contribution is 5.29. The van der Waals surface area contributed by atoms with Crippen molar-refractivity contribution in [1.29, 1.82) is 0 Å². The van der Waals surface area contributed by atoms with E-state index >= 15 is 0 Å². The van der Waals surface area contributed by atoms with E-state index in [0.29, 0.717) is 19.1 Å². The summed E-state index contributed by atoms with van der Waals surface area (Å²) in [6, 6.07) is 8.44. The van der Waals surface area contributed by atoms with Crippen molar-refractivity contribution in [3.05, 3.63) is 42.5 Å². The van der Waals surface area contributed by atoms with Gasteiger partial charge in [0, 0.05) is 0 Å². The van der Waals surface area contributed by atoms with E-state index in [2.05, 4.69) is 48.2 Å². The van der Waals surface area contributed by atoms with E-state index in [0.717, 1.165) is 5.75 Å². The quantitative estimate of drug-likeness (QED) is 0.766. The first-order valence-corrected chi connectivity index (χ1v) is 6.88. The second kappa shape index (κ2) is 6.92. The van der Waals surface area contributed by atoms with Crippen LogP contribution in [0.15, 0.2) is 36.9 Å². The van der Waals surface area contributed by atoms with Crippen LogP contribution in [0.5, 0.6) is 5.75 Å². The van der Waals surface area contributed by atoms with Crippen molar-refractivity contribution in [2.45, 2.75) is 39.2 Å². The molecule has 0 N–H and O–H groups in total. The fourth-order valence-corrected chi connectivity index (χ4v) is 2.20. The molecule has 1 heterocycles. The predicted octanol–water partition coefficient (Wildman–Crippen LogP) is 3.26. The maximum absolute atomic E-state index is 5.69. The summed E-state index contributed by atoms with van der Waals surface area (Å²) in [6.07, 6.45) is 5.59. The first-order valence-electron chi connectivity index (χ1n) is 6.88. The highest BCUT2D eigenvalue weighted by Crippen LogP contribution is 2.24. The number of hydrogen-bond acceptors (Lipinski definition) is 3.